The van der Waals surface area contributed by atoms with Crippen molar-refractivity contribution < 1.29 is 4.39 Å². The molecule has 0 amide bonds. The Balaban J connectivity index is 1.66. The van der Waals surface area contributed by atoms with Crippen LogP contribution in [-0.4, -0.2) is 16.1 Å². The Morgan fingerprint density at radius 1 is 0.700 bits per heavy atom. The number of unbranched alkanes of at least 4 members (excludes halogenated alkanes) is 8. The van der Waals surface area contributed by atoms with Gasteiger partial charge in [0.2, 0.25) is 0 Å². The molecule has 0 fully saturated rings. The van der Waals surface area contributed by atoms with Gasteiger partial charge in [-0.05, 0) is 49.7 Å². The van der Waals surface area contributed by atoms with E-state index < -0.39 is 6.17 Å². The Hall–Kier alpha value is -1.77. The van der Waals surface area contributed by atoms with Crippen LogP contribution in [0.1, 0.15) is 102 Å². The minimum Gasteiger partial charge on any atom is -0.248 e. The molecule has 2 rings (SSSR count). The molecule has 3 heteroatoms. The monoisotopic (exact) mass is 412 g/mol. The summed E-state index contributed by atoms with van der Waals surface area (Å²) >= 11 is 0. The van der Waals surface area contributed by atoms with Crippen LogP contribution in [0.3, 0.4) is 0 Å². The molecule has 1 aromatic carbocycles. The third-order valence-electron chi connectivity index (χ3n) is 5.91. The van der Waals surface area contributed by atoms with E-state index in [2.05, 4.69) is 41.2 Å². The lowest BCUT2D eigenvalue weighted by Crippen LogP contribution is -1.96. The molecule has 0 aliphatic carbocycles. The minimum absolute atomic E-state index is 0.598. The fourth-order valence-corrected chi connectivity index (χ4v) is 3.82. The second-order valence-electron chi connectivity index (χ2n) is 8.59. The molecular formula is C27H41FN2. The minimum atomic E-state index is -0.598. The Morgan fingerprint density at radius 3 is 1.90 bits per heavy atom. The van der Waals surface area contributed by atoms with E-state index in [-0.39, 0.29) is 0 Å². The molecule has 1 atom stereocenters. The predicted octanol–water partition coefficient (Wildman–Crippen LogP) is 8.29. The van der Waals surface area contributed by atoms with E-state index in [9.17, 15) is 4.39 Å². The van der Waals surface area contributed by atoms with Gasteiger partial charge >= 0.3 is 0 Å². The van der Waals surface area contributed by atoms with Crippen LogP contribution < -0.4 is 0 Å². The number of hydrogen-bond donors (Lipinski definition) is 0. The number of aromatic nitrogens is 2. The largest absolute Gasteiger partial charge is 0.248 e. The van der Waals surface area contributed by atoms with Crippen molar-refractivity contribution in [3.05, 3.63) is 47.8 Å². The van der Waals surface area contributed by atoms with Gasteiger partial charge in [0.25, 0.3) is 0 Å². The second-order valence-corrected chi connectivity index (χ2v) is 8.59. The van der Waals surface area contributed by atoms with E-state index in [4.69, 9.17) is 0 Å². The first-order valence-electron chi connectivity index (χ1n) is 12.3. The molecule has 0 bridgehead atoms. The normalized spacial score (nSPS) is 12.2. The van der Waals surface area contributed by atoms with Gasteiger partial charge in [-0.3, -0.25) is 0 Å². The molecule has 0 aliphatic rings. The number of alkyl halides is 1. The average molecular weight is 413 g/mol. The van der Waals surface area contributed by atoms with Gasteiger partial charge in [0, 0.05) is 18.0 Å². The fourth-order valence-electron chi connectivity index (χ4n) is 3.82. The Kier molecular flexibility index (Phi) is 12.3. The van der Waals surface area contributed by atoms with Crippen molar-refractivity contribution in [2.75, 3.05) is 0 Å². The van der Waals surface area contributed by atoms with Gasteiger partial charge in [-0.15, -0.1) is 0 Å². The topological polar surface area (TPSA) is 25.8 Å². The summed E-state index contributed by atoms with van der Waals surface area (Å²) in [7, 11) is 0. The first kappa shape index (κ1) is 24.5. The van der Waals surface area contributed by atoms with Gasteiger partial charge in [0.1, 0.15) is 0 Å². The third kappa shape index (κ3) is 9.82. The summed E-state index contributed by atoms with van der Waals surface area (Å²) in [4.78, 5) is 9.16. The Bertz CT molecular complexity index is 666. The number of hydrogen-bond acceptors (Lipinski definition) is 2. The molecule has 0 radical (unpaired) electrons. The zero-order chi connectivity index (χ0) is 21.4. The second kappa shape index (κ2) is 15.1. The summed E-state index contributed by atoms with van der Waals surface area (Å²) in [5, 5.41) is 0. The Morgan fingerprint density at radius 2 is 1.27 bits per heavy atom. The van der Waals surface area contributed by atoms with Gasteiger partial charge in [-0.2, -0.15) is 0 Å². The van der Waals surface area contributed by atoms with Gasteiger partial charge in [0.15, 0.2) is 5.82 Å². The summed E-state index contributed by atoms with van der Waals surface area (Å²) in [5.74, 6) is 0.814. The fraction of sp³-hybridized carbons (Fsp3) is 0.630. The van der Waals surface area contributed by atoms with Crippen molar-refractivity contribution in [1.29, 1.82) is 0 Å². The first-order valence-corrected chi connectivity index (χ1v) is 12.3. The zero-order valence-electron chi connectivity index (χ0n) is 19.2. The number of rotatable bonds is 16. The molecule has 2 aromatic rings. The number of benzene rings is 1. The smallest absolute Gasteiger partial charge is 0.159 e. The number of nitrogens with zero attached hydrogens (tertiary/aromatic N) is 2. The SMILES string of the molecule is CCCCCCCc1cnc(-c2ccc(CCCCCCCC(F)CC)cc2)nc1. The maximum atomic E-state index is 13.2. The van der Waals surface area contributed by atoms with E-state index >= 15 is 0 Å². The van der Waals surface area contributed by atoms with Crippen molar-refractivity contribution in [2.24, 2.45) is 0 Å². The molecule has 0 aliphatic heterocycles. The van der Waals surface area contributed by atoms with E-state index in [0.717, 1.165) is 43.5 Å². The molecule has 1 unspecified atom stereocenters. The molecule has 0 saturated carbocycles. The summed E-state index contributed by atoms with van der Waals surface area (Å²) in [5.41, 5.74) is 3.70. The van der Waals surface area contributed by atoms with Crippen molar-refractivity contribution in [1.82, 2.24) is 9.97 Å². The standard InChI is InChI=1S/C27H41FN2/c1-3-5-6-8-12-15-24-21-29-27(30-22-24)25-19-17-23(18-20-25)14-11-9-7-10-13-16-26(28)4-2/h17-22,26H,3-16H2,1-2H3. The molecule has 0 N–H and O–H groups in total. The first-order chi connectivity index (χ1) is 14.7. The molecule has 0 spiro atoms. The van der Waals surface area contributed by atoms with Crippen molar-refractivity contribution in [3.8, 4) is 11.4 Å². The van der Waals surface area contributed by atoms with Crippen LogP contribution in [0.2, 0.25) is 0 Å². The summed E-state index contributed by atoms with van der Waals surface area (Å²) in [6.07, 6.45) is 19.3. The highest BCUT2D eigenvalue weighted by Crippen LogP contribution is 2.18. The highest BCUT2D eigenvalue weighted by atomic mass is 19.1. The van der Waals surface area contributed by atoms with Crippen LogP contribution in [0.25, 0.3) is 11.4 Å². The molecule has 1 aromatic heterocycles. The van der Waals surface area contributed by atoms with E-state index in [1.165, 1.54) is 62.5 Å². The lowest BCUT2D eigenvalue weighted by atomic mass is 10.0. The highest BCUT2D eigenvalue weighted by Gasteiger charge is 2.04. The average Bonchev–Trinajstić information content (AvgIpc) is 2.79. The van der Waals surface area contributed by atoms with E-state index in [1.54, 1.807) is 0 Å². The van der Waals surface area contributed by atoms with Crippen LogP contribution in [0.4, 0.5) is 4.39 Å². The maximum absolute atomic E-state index is 13.2. The van der Waals surface area contributed by atoms with Gasteiger partial charge in [-0.1, -0.05) is 89.5 Å². The van der Waals surface area contributed by atoms with Crippen LogP contribution in [0.5, 0.6) is 0 Å². The van der Waals surface area contributed by atoms with Crippen LogP contribution >= 0.6 is 0 Å². The molecular weight excluding hydrogens is 371 g/mol. The number of halogens is 1. The van der Waals surface area contributed by atoms with Crippen molar-refractivity contribution in [2.45, 2.75) is 110 Å². The molecule has 0 saturated heterocycles. The number of aryl methyl sites for hydroxylation is 2. The summed E-state index contributed by atoms with van der Waals surface area (Å²) in [6, 6.07) is 8.69. The van der Waals surface area contributed by atoms with Crippen LogP contribution in [0.15, 0.2) is 36.7 Å². The van der Waals surface area contributed by atoms with E-state index in [0.29, 0.717) is 6.42 Å². The zero-order valence-corrected chi connectivity index (χ0v) is 19.2. The van der Waals surface area contributed by atoms with Crippen molar-refractivity contribution >= 4 is 0 Å². The summed E-state index contributed by atoms with van der Waals surface area (Å²) < 4.78 is 13.2. The third-order valence-corrected chi connectivity index (χ3v) is 5.91. The quantitative estimate of drug-likeness (QED) is 0.259. The lowest BCUT2D eigenvalue weighted by molar-refractivity contribution is 0.296. The Labute approximate surface area is 183 Å². The van der Waals surface area contributed by atoms with Crippen molar-refractivity contribution in [3.63, 3.8) is 0 Å². The van der Waals surface area contributed by atoms with Crippen LogP contribution in [0, 0.1) is 0 Å². The van der Waals surface area contributed by atoms with Gasteiger partial charge in [-0.25, -0.2) is 14.4 Å². The molecule has 30 heavy (non-hydrogen) atoms. The lowest BCUT2D eigenvalue weighted by Gasteiger charge is -2.06. The summed E-state index contributed by atoms with van der Waals surface area (Å²) in [6.45, 7) is 4.17. The van der Waals surface area contributed by atoms with Gasteiger partial charge < -0.3 is 0 Å². The maximum Gasteiger partial charge on any atom is 0.159 e. The van der Waals surface area contributed by atoms with Gasteiger partial charge in [0.05, 0.1) is 6.17 Å². The highest BCUT2D eigenvalue weighted by molar-refractivity contribution is 5.55. The van der Waals surface area contributed by atoms with E-state index in [1.807, 2.05) is 19.3 Å². The molecule has 2 nitrogen and oxygen atoms in total. The molecule has 1 heterocycles. The predicted molar refractivity (Wildman–Crippen MR) is 127 cm³/mol. The molecule has 166 valence electrons. The van der Waals surface area contributed by atoms with Crippen LogP contribution in [-0.2, 0) is 12.8 Å².